The van der Waals surface area contributed by atoms with Crippen molar-refractivity contribution in [1.82, 2.24) is 10.0 Å². The maximum absolute atomic E-state index is 12.8. The van der Waals surface area contributed by atoms with E-state index in [4.69, 9.17) is 9.98 Å². The molecule has 0 atom stereocenters. The van der Waals surface area contributed by atoms with Crippen molar-refractivity contribution in [3.63, 3.8) is 0 Å². The van der Waals surface area contributed by atoms with Crippen LogP contribution >= 0.6 is 11.9 Å². The minimum atomic E-state index is -0.147. The molecule has 0 spiro atoms. The number of amidine groups is 1. The number of anilines is 1. The number of nitrogens with two attached hydrogens (primary N) is 1. The first-order valence-corrected chi connectivity index (χ1v) is 9.75. The SMILES string of the molecule is CC.CCCN(OCC)C(=O)C1=Cc2cnc(SN)cc2NC(=NC)C1. The van der Waals surface area contributed by atoms with Crippen molar-refractivity contribution in [2.24, 2.45) is 10.1 Å². The fraction of sp³-hybridized carbons (Fsp3) is 0.500. The van der Waals surface area contributed by atoms with Crippen molar-refractivity contribution >= 4 is 35.5 Å². The van der Waals surface area contributed by atoms with Crippen molar-refractivity contribution in [2.45, 2.75) is 45.6 Å². The van der Waals surface area contributed by atoms with Crippen LogP contribution in [-0.4, -0.2) is 42.0 Å². The number of hydrogen-bond acceptors (Lipinski definition) is 6. The molecule has 2 heterocycles. The van der Waals surface area contributed by atoms with E-state index in [1.165, 1.54) is 5.06 Å². The largest absolute Gasteiger partial charge is 0.343 e. The molecule has 1 aromatic heterocycles. The Morgan fingerprint density at radius 1 is 1.46 bits per heavy atom. The Morgan fingerprint density at radius 2 is 2.19 bits per heavy atom. The van der Waals surface area contributed by atoms with Crippen molar-refractivity contribution in [3.05, 3.63) is 23.4 Å². The zero-order valence-corrected chi connectivity index (χ0v) is 17.0. The Labute approximate surface area is 160 Å². The van der Waals surface area contributed by atoms with Crippen molar-refractivity contribution in [3.8, 4) is 0 Å². The number of carbonyl (C=O) groups excluding carboxylic acids is 1. The van der Waals surface area contributed by atoms with Crippen LogP contribution in [0.15, 0.2) is 27.9 Å². The van der Waals surface area contributed by atoms with Crippen molar-refractivity contribution in [1.29, 1.82) is 0 Å². The summed E-state index contributed by atoms with van der Waals surface area (Å²) in [6, 6.07) is 1.85. The zero-order valence-electron chi connectivity index (χ0n) is 16.2. The highest BCUT2D eigenvalue weighted by atomic mass is 32.2. The summed E-state index contributed by atoms with van der Waals surface area (Å²) in [5, 5.41) is 10.9. The molecule has 0 fully saturated rings. The van der Waals surface area contributed by atoms with Gasteiger partial charge in [0.25, 0.3) is 5.91 Å². The number of hydroxylamine groups is 2. The Bertz CT molecular complexity index is 655. The molecule has 0 bridgehead atoms. The van der Waals surface area contributed by atoms with E-state index in [9.17, 15) is 4.79 Å². The van der Waals surface area contributed by atoms with Crippen LogP contribution in [0.4, 0.5) is 5.69 Å². The van der Waals surface area contributed by atoms with Gasteiger partial charge >= 0.3 is 0 Å². The normalized spacial score (nSPS) is 14.4. The lowest BCUT2D eigenvalue weighted by Gasteiger charge is -2.21. The third-order valence-electron chi connectivity index (χ3n) is 3.48. The van der Waals surface area contributed by atoms with Gasteiger partial charge < -0.3 is 5.32 Å². The predicted octanol–water partition coefficient (Wildman–Crippen LogP) is 3.49. The van der Waals surface area contributed by atoms with Gasteiger partial charge in [-0.1, -0.05) is 20.8 Å². The van der Waals surface area contributed by atoms with E-state index in [1.54, 1.807) is 13.2 Å². The molecule has 1 aromatic rings. The third kappa shape index (κ3) is 5.82. The highest BCUT2D eigenvalue weighted by molar-refractivity contribution is 7.97. The number of aliphatic imine (C=N–C) groups is 1. The maximum atomic E-state index is 12.8. The van der Waals surface area contributed by atoms with E-state index in [1.807, 2.05) is 39.8 Å². The van der Waals surface area contributed by atoms with Crippen LogP contribution in [0.1, 0.15) is 46.1 Å². The van der Waals surface area contributed by atoms with Gasteiger partial charge in [0.05, 0.1) is 12.3 Å². The second kappa shape index (κ2) is 11.7. The van der Waals surface area contributed by atoms with Gasteiger partial charge in [-0.3, -0.25) is 19.8 Å². The van der Waals surface area contributed by atoms with E-state index in [0.29, 0.717) is 36.0 Å². The molecule has 0 saturated carbocycles. The van der Waals surface area contributed by atoms with E-state index >= 15 is 0 Å². The summed E-state index contributed by atoms with van der Waals surface area (Å²) in [5.74, 6) is 0.562. The second-order valence-corrected chi connectivity index (χ2v) is 5.85. The number of amides is 1. The summed E-state index contributed by atoms with van der Waals surface area (Å²) >= 11 is 1.08. The minimum Gasteiger partial charge on any atom is -0.343 e. The zero-order chi connectivity index (χ0) is 19.5. The summed E-state index contributed by atoms with van der Waals surface area (Å²) in [4.78, 5) is 26.8. The Balaban J connectivity index is 0.00000163. The summed E-state index contributed by atoms with van der Waals surface area (Å²) in [6.07, 6.45) is 4.76. The number of fused-ring (bicyclic) bond motifs is 1. The average molecular weight is 380 g/mol. The Kier molecular flexibility index (Phi) is 9.93. The Hall–Kier alpha value is -1.90. The standard InChI is InChI=1S/C16H23N5O2S.C2H6/c1-4-6-21(23-5-2)16(22)11-7-12-10-19-15(24-17)9-13(12)20-14(8-11)18-3;1-2/h7,9-10H,4-6,8,17H2,1-3H3,(H,18,20);1-2H3. The van der Waals surface area contributed by atoms with Gasteiger partial charge in [-0.25, -0.2) is 10.0 Å². The number of pyridine rings is 1. The summed E-state index contributed by atoms with van der Waals surface area (Å²) in [5.41, 5.74) is 2.27. The fourth-order valence-electron chi connectivity index (χ4n) is 2.37. The molecule has 8 heteroatoms. The van der Waals surface area contributed by atoms with Crippen molar-refractivity contribution in [2.75, 3.05) is 25.5 Å². The smallest absolute Gasteiger partial charge is 0.273 e. The Morgan fingerprint density at radius 3 is 2.77 bits per heavy atom. The third-order valence-corrected chi connectivity index (χ3v) is 3.94. The maximum Gasteiger partial charge on any atom is 0.273 e. The lowest BCUT2D eigenvalue weighted by molar-refractivity contribution is -0.180. The number of nitrogens with one attached hydrogen (secondary N) is 1. The summed E-state index contributed by atoms with van der Waals surface area (Å²) in [6.45, 7) is 8.86. The van der Waals surface area contributed by atoms with Crippen LogP contribution in [0.3, 0.4) is 0 Å². The van der Waals surface area contributed by atoms with Crippen molar-refractivity contribution < 1.29 is 9.63 Å². The summed E-state index contributed by atoms with van der Waals surface area (Å²) in [7, 11) is 1.70. The minimum absolute atomic E-state index is 0.147. The quantitative estimate of drug-likeness (QED) is 0.580. The fourth-order valence-corrected chi connectivity index (χ4v) is 2.67. The first-order chi connectivity index (χ1) is 12.6. The molecule has 0 aromatic carbocycles. The van der Waals surface area contributed by atoms with Gasteiger partial charge in [-0.15, -0.1) is 0 Å². The molecule has 1 amide bonds. The number of nitrogens with zero attached hydrogens (tertiary/aromatic N) is 3. The lowest BCUT2D eigenvalue weighted by atomic mass is 10.1. The van der Waals surface area contributed by atoms with Gasteiger partial charge in [-0.05, 0) is 37.4 Å². The van der Waals surface area contributed by atoms with Gasteiger partial charge in [0.2, 0.25) is 0 Å². The molecule has 144 valence electrons. The van der Waals surface area contributed by atoms with Crippen LogP contribution in [0.25, 0.3) is 6.08 Å². The van der Waals surface area contributed by atoms with E-state index in [0.717, 1.165) is 29.6 Å². The molecule has 0 radical (unpaired) electrons. The van der Waals surface area contributed by atoms with E-state index in [-0.39, 0.29) is 5.91 Å². The van der Waals surface area contributed by atoms with Gasteiger partial charge in [-0.2, -0.15) is 0 Å². The molecule has 3 N–H and O–H groups in total. The number of aromatic nitrogens is 1. The molecular formula is C18H29N5O2S. The van der Waals surface area contributed by atoms with Gasteiger partial charge in [0.15, 0.2) is 0 Å². The molecule has 1 aliphatic rings. The van der Waals surface area contributed by atoms with Gasteiger partial charge in [0.1, 0.15) is 10.9 Å². The highest BCUT2D eigenvalue weighted by Gasteiger charge is 2.23. The monoisotopic (exact) mass is 379 g/mol. The topological polar surface area (TPSA) is 92.8 Å². The first-order valence-electron chi connectivity index (χ1n) is 8.87. The molecule has 2 rings (SSSR count). The van der Waals surface area contributed by atoms with Crippen LogP contribution in [0.2, 0.25) is 0 Å². The number of rotatable bonds is 6. The van der Waals surface area contributed by atoms with Crippen LogP contribution in [0.5, 0.6) is 0 Å². The molecular weight excluding hydrogens is 350 g/mol. The second-order valence-electron chi connectivity index (χ2n) is 5.19. The molecule has 0 saturated heterocycles. The lowest BCUT2D eigenvalue weighted by Crippen LogP contribution is -2.33. The van der Waals surface area contributed by atoms with Crippen LogP contribution < -0.4 is 10.5 Å². The molecule has 26 heavy (non-hydrogen) atoms. The van der Waals surface area contributed by atoms with Crippen LogP contribution in [0, 0.1) is 0 Å². The van der Waals surface area contributed by atoms with Crippen LogP contribution in [-0.2, 0) is 9.63 Å². The van der Waals surface area contributed by atoms with E-state index in [2.05, 4.69) is 15.3 Å². The van der Waals surface area contributed by atoms with E-state index < -0.39 is 0 Å². The molecule has 7 nitrogen and oxygen atoms in total. The van der Waals surface area contributed by atoms with Gasteiger partial charge in [0, 0.05) is 37.3 Å². The molecule has 0 unspecified atom stereocenters. The molecule has 0 aliphatic carbocycles. The number of carbonyl (C=O) groups is 1. The highest BCUT2D eigenvalue weighted by Crippen LogP contribution is 2.27. The average Bonchev–Trinajstić information content (AvgIpc) is 2.87. The number of hydrogen-bond donors (Lipinski definition) is 2. The summed E-state index contributed by atoms with van der Waals surface area (Å²) < 4.78 is 0. The predicted molar refractivity (Wildman–Crippen MR) is 109 cm³/mol. The molecule has 1 aliphatic heterocycles. The first kappa shape index (κ1) is 22.1.